The number of aryl methyl sites for hydroxylation is 1. The molecule has 39 heavy (non-hydrogen) atoms. The molecule has 0 bridgehead atoms. The fourth-order valence-corrected chi connectivity index (χ4v) is 5.64. The molecule has 1 N–H and O–H groups in total. The summed E-state index contributed by atoms with van der Waals surface area (Å²) < 4.78 is 36.8. The lowest BCUT2D eigenvalue weighted by atomic mass is 10.1. The molecule has 1 atom stereocenters. The van der Waals surface area contributed by atoms with E-state index < -0.39 is 22.0 Å². The van der Waals surface area contributed by atoms with Crippen LogP contribution in [0.1, 0.15) is 22.5 Å². The summed E-state index contributed by atoms with van der Waals surface area (Å²) in [6.07, 6.45) is 0.165. The minimum Gasteiger partial charge on any atom is -0.460 e. The molecule has 7 nitrogen and oxygen atoms in total. The molecule has 0 spiro atoms. The normalized spacial score (nSPS) is 12.3. The molecule has 0 amide bonds. The van der Waals surface area contributed by atoms with E-state index in [9.17, 15) is 13.2 Å². The number of ether oxygens (including phenoxy) is 1. The molecule has 198 valence electrons. The van der Waals surface area contributed by atoms with Gasteiger partial charge in [-0.05, 0) is 54.3 Å². The van der Waals surface area contributed by atoms with Gasteiger partial charge in [-0.15, -0.1) is 0 Å². The molecule has 0 aliphatic heterocycles. The average Bonchev–Trinajstić information content (AvgIpc) is 3.27. The Hall–Kier alpha value is -4.27. The number of hydrogen-bond donors (Lipinski definition) is 1. The second kappa shape index (κ2) is 11.6. The molecule has 0 saturated heterocycles. The highest BCUT2D eigenvalue weighted by Gasteiger charge is 2.27. The minimum absolute atomic E-state index is 0.0593. The van der Waals surface area contributed by atoms with Gasteiger partial charge in [-0.2, -0.15) is 4.72 Å². The Kier molecular flexibility index (Phi) is 7.86. The Morgan fingerprint density at radius 3 is 2.13 bits per heavy atom. The van der Waals surface area contributed by atoms with Gasteiger partial charge < -0.3 is 9.30 Å². The number of nitrogens with one attached hydrogen (secondary N) is 1. The summed E-state index contributed by atoms with van der Waals surface area (Å²) in [5.74, 6) is 0.248. The van der Waals surface area contributed by atoms with Crippen LogP contribution >= 0.6 is 0 Å². The predicted molar refractivity (Wildman–Crippen MR) is 151 cm³/mol. The number of fused-ring (bicyclic) bond motifs is 1. The van der Waals surface area contributed by atoms with Crippen LogP contribution in [0.3, 0.4) is 0 Å². The number of carbonyl (C=O) groups excluding carboxylic acids is 1. The molecule has 8 heteroatoms. The van der Waals surface area contributed by atoms with E-state index in [1.807, 2.05) is 91.9 Å². The first-order valence-corrected chi connectivity index (χ1v) is 14.1. The molecule has 0 unspecified atom stereocenters. The highest BCUT2D eigenvalue weighted by atomic mass is 32.2. The first-order chi connectivity index (χ1) is 18.9. The van der Waals surface area contributed by atoms with Gasteiger partial charge >= 0.3 is 5.97 Å². The largest absolute Gasteiger partial charge is 0.460 e. The zero-order valence-corrected chi connectivity index (χ0v) is 22.3. The zero-order chi connectivity index (χ0) is 27.2. The van der Waals surface area contributed by atoms with Crippen molar-refractivity contribution in [3.8, 4) is 0 Å². The third kappa shape index (κ3) is 6.42. The minimum atomic E-state index is -4.00. The Balaban J connectivity index is 1.32. The van der Waals surface area contributed by atoms with Crippen LogP contribution in [-0.4, -0.2) is 30.0 Å². The lowest BCUT2D eigenvalue weighted by molar-refractivity contribution is -0.147. The highest BCUT2D eigenvalue weighted by Crippen LogP contribution is 2.19. The number of benzene rings is 4. The van der Waals surface area contributed by atoms with Gasteiger partial charge in [0, 0.05) is 6.54 Å². The second-order valence-electron chi connectivity index (χ2n) is 9.33. The third-order valence-electron chi connectivity index (χ3n) is 6.51. The number of esters is 1. The predicted octanol–water partition coefficient (Wildman–Crippen LogP) is 5.03. The molecule has 1 heterocycles. The van der Waals surface area contributed by atoms with Crippen LogP contribution in [-0.2, 0) is 39.1 Å². The first-order valence-electron chi connectivity index (χ1n) is 12.7. The van der Waals surface area contributed by atoms with Gasteiger partial charge in [0.2, 0.25) is 10.0 Å². The van der Waals surface area contributed by atoms with Crippen LogP contribution in [0.5, 0.6) is 0 Å². The second-order valence-corrected chi connectivity index (χ2v) is 11.0. The van der Waals surface area contributed by atoms with E-state index in [-0.39, 0.29) is 17.9 Å². The van der Waals surface area contributed by atoms with Gasteiger partial charge in [0.05, 0.1) is 15.9 Å². The van der Waals surface area contributed by atoms with E-state index in [0.29, 0.717) is 6.54 Å². The van der Waals surface area contributed by atoms with E-state index in [2.05, 4.69) is 14.3 Å². The topological polar surface area (TPSA) is 90.3 Å². The van der Waals surface area contributed by atoms with Crippen molar-refractivity contribution in [2.45, 2.75) is 37.4 Å². The van der Waals surface area contributed by atoms with Crippen LogP contribution in [0.2, 0.25) is 0 Å². The van der Waals surface area contributed by atoms with Crippen LogP contribution < -0.4 is 4.72 Å². The molecule has 0 aliphatic rings. The SMILES string of the molecule is Cc1nc2ccccc2n1Cc1ccc(S(=O)(=O)N[C@@H](Cc2ccccc2)C(=O)OCc2ccccc2)cc1. The standard InChI is InChI=1S/C31H29N3O4S/c1-23-32-28-14-8-9-15-30(28)34(23)21-25-16-18-27(19-17-25)39(36,37)33-29(20-24-10-4-2-5-11-24)31(35)38-22-26-12-6-3-7-13-26/h2-19,29,33H,20-22H2,1H3/t29-/m0/s1. The summed E-state index contributed by atoms with van der Waals surface area (Å²) in [5.41, 5.74) is 4.51. The van der Waals surface area contributed by atoms with Crippen LogP contribution in [0.25, 0.3) is 11.0 Å². The number of imidazole rings is 1. The Morgan fingerprint density at radius 1 is 0.821 bits per heavy atom. The zero-order valence-electron chi connectivity index (χ0n) is 21.5. The maximum absolute atomic E-state index is 13.3. The number of rotatable bonds is 10. The van der Waals surface area contributed by atoms with Crippen LogP contribution in [0.15, 0.2) is 114 Å². The lowest BCUT2D eigenvalue weighted by Crippen LogP contribution is -2.43. The van der Waals surface area contributed by atoms with Gasteiger partial charge in [0.15, 0.2) is 0 Å². The van der Waals surface area contributed by atoms with Crippen molar-refractivity contribution in [1.82, 2.24) is 14.3 Å². The molecule has 0 saturated carbocycles. The summed E-state index contributed by atoms with van der Waals surface area (Å²) in [6, 6.07) is 32.0. The number of sulfonamides is 1. The molecule has 0 fully saturated rings. The quantitative estimate of drug-likeness (QED) is 0.252. The maximum Gasteiger partial charge on any atom is 0.324 e. The van der Waals surface area contributed by atoms with E-state index in [1.54, 1.807) is 24.3 Å². The molecular weight excluding hydrogens is 510 g/mol. The van der Waals surface area contributed by atoms with Gasteiger partial charge in [-0.3, -0.25) is 4.79 Å². The van der Waals surface area contributed by atoms with Gasteiger partial charge in [-0.1, -0.05) is 84.9 Å². The fraction of sp³-hybridized carbons (Fsp3) is 0.161. The molecule has 1 aromatic heterocycles. The van der Waals surface area contributed by atoms with Crippen molar-refractivity contribution < 1.29 is 17.9 Å². The number of para-hydroxylation sites is 2. The van der Waals surface area contributed by atoms with Gasteiger partial charge in [0.25, 0.3) is 0 Å². The molecular formula is C31H29N3O4S. The third-order valence-corrected chi connectivity index (χ3v) is 8.00. The van der Waals surface area contributed by atoms with Crippen molar-refractivity contribution >= 4 is 27.0 Å². The van der Waals surface area contributed by atoms with Crippen molar-refractivity contribution in [3.05, 3.63) is 132 Å². The van der Waals surface area contributed by atoms with E-state index in [1.165, 1.54) is 0 Å². The summed E-state index contributed by atoms with van der Waals surface area (Å²) in [7, 11) is -4.00. The summed E-state index contributed by atoms with van der Waals surface area (Å²) in [5, 5.41) is 0. The monoisotopic (exact) mass is 539 g/mol. The highest BCUT2D eigenvalue weighted by molar-refractivity contribution is 7.89. The number of nitrogens with zero attached hydrogens (tertiary/aromatic N) is 2. The Labute approximate surface area is 228 Å². The van der Waals surface area contributed by atoms with E-state index >= 15 is 0 Å². The van der Waals surface area contributed by atoms with Crippen molar-refractivity contribution in [2.24, 2.45) is 0 Å². The number of hydrogen-bond acceptors (Lipinski definition) is 5. The maximum atomic E-state index is 13.3. The molecule has 0 aliphatic carbocycles. The van der Waals surface area contributed by atoms with Crippen molar-refractivity contribution in [1.29, 1.82) is 0 Å². The van der Waals surface area contributed by atoms with Crippen molar-refractivity contribution in [2.75, 3.05) is 0 Å². The lowest BCUT2D eigenvalue weighted by Gasteiger charge is -2.18. The smallest absolute Gasteiger partial charge is 0.324 e. The Morgan fingerprint density at radius 2 is 1.44 bits per heavy atom. The average molecular weight is 540 g/mol. The van der Waals surface area contributed by atoms with E-state index in [4.69, 9.17) is 4.74 Å². The van der Waals surface area contributed by atoms with Crippen LogP contribution in [0, 0.1) is 6.92 Å². The molecule has 0 radical (unpaired) electrons. The molecule has 5 rings (SSSR count). The fourth-order valence-electron chi connectivity index (χ4n) is 4.46. The van der Waals surface area contributed by atoms with Gasteiger partial charge in [-0.25, -0.2) is 13.4 Å². The summed E-state index contributed by atoms with van der Waals surface area (Å²) >= 11 is 0. The molecule has 5 aromatic rings. The van der Waals surface area contributed by atoms with E-state index in [0.717, 1.165) is 33.5 Å². The van der Waals surface area contributed by atoms with Crippen molar-refractivity contribution in [3.63, 3.8) is 0 Å². The van der Waals surface area contributed by atoms with Gasteiger partial charge in [0.1, 0.15) is 18.5 Å². The summed E-state index contributed by atoms with van der Waals surface area (Å²) in [4.78, 5) is 17.7. The molecule has 4 aromatic carbocycles. The Bertz CT molecular complexity index is 1670. The first kappa shape index (κ1) is 26.3. The summed E-state index contributed by atoms with van der Waals surface area (Å²) in [6.45, 7) is 2.57. The number of carbonyl (C=O) groups is 1. The number of aromatic nitrogens is 2. The van der Waals surface area contributed by atoms with Crippen LogP contribution in [0.4, 0.5) is 0 Å².